The van der Waals surface area contributed by atoms with Gasteiger partial charge in [0.15, 0.2) is 0 Å². The van der Waals surface area contributed by atoms with E-state index in [-0.39, 0.29) is 37.7 Å². The van der Waals surface area contributed by atoms with Crippen molar-refractivity contribution in [3.05, 3.63) is 24.3 Å². The number of anilines is 2. The minimum atomic E-state index is -0.404. The third kappa shape index (κ3) is 6.19. The first-order valence-corrected chi connectivity index (χ1v) is 8.10. The maximum absolute atomic E-state index is 11.8. The van der Waals surface area contributed by atoms with Crippen LogP contribution in [-0.4, -0.2) is 51.1 Å². The second-order valence-electron chi connectivity index (χ2n) is 5.51. The first-order chi connectivity index (χ1) is 12.3. The average molecular weight is 364 g/mol. The highest BCUT2D eigenvalue weighted by atomic mass is 16.5. The molecular weight excluding hydrogens is 340 g/mol. The van der Waals surface area contributed by atoms with Gasteiger partial charge in [-0.1, -0.05) is 0 Å². The van der Waals surface area contributed by atoms with E-state index in [1.165, 1.54) is 37.9 Å². The van der Waals surface area contributed by atoms with Crippen LogP contribution in [0, 0.1) is 0 Å². The molecule has 0 bridgehead atoms. The number of carbonyl (C=O) groups is 4. The molecule has 0 fully saturated rings. The van der Waals surface area contributed by atoms with Crippen LogP contribution < -0.4 is 9.80 Å². The Kier molecular flexibility index (Phi) is 8.27. The minimum absolute atomic E-state index is 0.0799. The van der Waals surface area contributed by atoms with Crippen LogP contribution in [0.1, 0.15) is 26.7 Å². The molecule has 0 atom stereocenters. The van der Waals surface area contributed by atoms with Gasteiger partial charge in [0.1, 0.15) is 0 Å². The Hall–Kier alpha value is -2.90. The molecule has 142 valence electrons. The largest absolute Gasteiger partial charge is 0.469 e. The summed E-state index contributed by atoms with van der Waals surface area (Å²) in [6, 6.07) is 6.73. The predicted molar refractivity (Wildman–Crippen MR) is 95.8 cm³/mol. The summed E-state index contributed by atoms with van der Waals surface area (Å²) in [6.45, 7) is 3.20. The van der Waals surface area contributed by atoms with E-state index in [0.717, 1.165) is 0 Å². The summed E-state index contributed by atoms with van der Waals surface area (Å²) in [4.78, 5) is 49.2. The average Bonchev–Trinajstić information content (AvgIpc) is 2.62. The van der Waals surface area contributed by atoms with Gasteiger partial charge in [-0.2, -0.15) is 0 Å². The molecule has 0 aliphatic rings. The monoisotopic (exact) mass is 364 g/mol. The number of amides is 2. The molecule has 1 aromatic carbocycles. The molecule has 0 radical (unpaired) electrons. The lowest BCUT2D eigenvalue weighted by Crippen LogP contribution is -2.32. The molecule has 2 amide bonds. The number of hydrogen-bond acceptors (Lipinski definition) is 6. The Labute approximate surface area is 152 Å². The van der Waals surface area contributed by atoms with Crippen molar-refractivity contribution < 1.29 is 28.7 Å². The van der Waals surface area contributed by atoms with Gasteiger partial charge in [-0.3, -0.25) is 19.2 Å². The van der Waals surface area contributed by atoms with Crippen LogP contribution in [0.2, 0.25) is 0 Å². The van der Waals surface area contributed by atoms with Crippen molar-refractivity contribution in [2.75, 3.05) is 37.1 Å². The molecule has 0 N–H and O–H groups in total. The van der Waals surface area contributed by atoms with Crippen LogP contribution in [0.4, 0.5) is 11.4 Å². The third-order valence-electron chi connectivity index (χ3n) is 3.77. The van der Waals surface area contributed by atoms with Crippen molar-refractivity contribution in [2.45, 2.75) is 26.7 Å². The fourth-order valence-electron chi connectivity index (χ4n) is 2.36. The Morgan fingerprint density at radius 3 is 1.27 bits per heavy atom. The number of nitrogens with zero attached hydrogens (tertiary/aromatic N) is 2. The van der Waals surface area contributed by atoms with E-state index in [9.17, 15) is 19.2 Å². The van der Waals surface area contributed by atoms with Crippen molar-refractivity contribution in [1.82, 2.24) is 0 Å². The first kappa shape index (κ1) is 21.1. The summed E-state index contributed by atoms with van der Waals surface area (Å²) in [5, 5.41) is 0. The second-order valence-corrected chi connectivity index (χ2v) is 5.51. The van der Waals surface area contributed by atoms with Crippen molar-refractivity contribution >= 4 is 35.1 Å². The molecule has 0 aromatic heterocycles. The number of methoxy groups -OCH3 is 2. The molecule has 0 spiro atoms. The fourth-order valence-corrected chi connectivity index (χ4v) is 2.36. The number of carbonyl (C=O) groups excluding carboxylic acids is 4. The van der Waals surface area contributed by atoms with Crippen LogP contribution in [0.5, 0.6) is 0 Å². The number of hydrogen-bond donors (Lipinski definition) is 0. The molecule has 1 aromatic rings. The second kappa shape index (κ2) is 10.2. The SMILES string of the molecule is COC(=O)CCN(C(C)=O)c1ccc(N(CCC(=O)OC)C(C)=O)cc1. The van der Waals surface area contributed by atoms with Crippen LogP contribution in [0.15, 0.2) is 24.3 Å². The van der Waals surface area contributed by atoms with Crippen molar-refractivity contribution in [1.29, 1.82) is 0 Å². The zero-order chi connectivity index (χ0) is 19.7. The van der Waals surface area contributed by atoms with Gasteiger partial charge in [0, 0.05) is 38.3 Å². The quantitative estimate of drug-likeness (QED) is 0.649. The Morgan fingerprint density at radius 2 is 1.04 bits per heavy atom. The van der Waals surface area contributed by atoms with Gasteiger partial charge in [-0.25, -0.2) is 0 Å². The lowest BCUT2D eigenvalue weighted by Gasteiger charge is -2.24. The van der Waals surface area contributed by atoms with Gasteiger partial charge >= 0.3 is 11.9 Å². The highest BCUT2D eigenvalue weighted by Crippen LogP contribution is 2.22. The zero-order valence-corrected chi connectivity index (χ0v) is 15.5. The lowest BCUT2D eigenvalue weighted by molar-refractivity contribution is -0.141. The molecule has 0 heterocycles. The summed E-state index contributed by atoms with van der Waals surface area (Å²) in [6.07, 6.45) is 0.160. The summed E-state index contributed by atoms with van der Waals surface area (Å²) >= 11 is 0. The smallest absolute Gasteiger partial charge is 0.307 e. The lowest BCUT2D eigenvalue weighted by atomic mass is 10.2. The predicted octanol–water partition coefficient (Wildman–Crippen LogP) is 1.52. The molecule has 8 heteroatoms. The molecular formula is C18H24N2O6. The highest BCUT2D eigenvalue weighted by Gasteiger charge is 2.16. The van der Waals surface area contributed by atoms with Crippen molar-refractivity contribution in [3.63, 3.8) is 0 Å². The molecule has 0 unspecified atom stereocenters. The third-order valence-corrected chi connectivity index (χ3v) is 3.77. The Bertz CT molecular complexity index is 599. The van der Waals surface area contributed by atoms with E-state index < -0.39 is 11.9 Å². The van der Waals surface area contributed by atoms with Crippen LogP contribution >= 0.6 is 0 Å². The van der Waals surface area contributed by atoms with Gasteiger partial charge in [0.2, 0.25) is 11.8 Å². The molecule has 0 aliphatic carbocycles. The Morgan fingerprint density at radius 1 is 0.731 bits per heavy atom. The minimum Gasteiger partial charge on any atom is -0.469 e. The van der Waals surface area contributed by atoms with E-state index in [1.807, 2.05) is 0 Å². The van der Waals surface area contributed by atoms with E-state index in [4.69, 9.17) is 0 Å². The summed E-state index contributed by atoms with van der Waals surface area (Å²) in [7, 11) is 2.58. The fraction of sp³-hybridized carbons (Fsp3) is 0.444. The molecule has 0 saturated heterocycles. The standard InChI is InChI=1S/C18H24N2O6/c1-13(21)19(11-9-17(23)25-3)15-5-7-16(8-6-15)20(14(2)22)12-10-18(24)26-4/h5-8H,9-12H2,1-4H3. The first-order valence-electron chi connectivity index (χ1n) is 8.10. The maximum Gasteiger partial charge on any atom is 0.307 e. The molecule has 1 rings (SSSR count). The zero-order valence-electron chi connectivity index (χ0n) is 15.5. The van der Waals surface area contributed by atoms with E-state index >= 15 is 0 Å². The van der Waals surface area contributed by atoms with Gasteiger partial charge in [0.25, 0.3) is 0 Å². The number of esters is 2. The van der Waals surface area contributed by atoms with E-state index in [1.54, 1.807) is 24.3 Å². The van der Waals surface area contributed by atoms with Gasteiger partial charge in [-0.15, -0.1) is 0 Å². The number of benzene rings is 1. The summed E-state index contributed by atoms with van der Waals surface area (Å²) in [5.41, 5.74) is 1.20. The normalized spacial score (nSPS) is 10.0. The number of ether oxygens (including phenoxy) is 2. The van der Waals surface area contributed by atoms with Crippen molar-refractivity contribution in [2.24, 2.45) is 0 Å². The molecule has 0 saturated carbocycles. The number of rotatable bonds is 8. The van der Waals surface area contributed by atoms with E-state index in [0.29, 0.717) is 11.4 Å². The van der Waals surface area contributed by atoms with Gasteiger partial charge in [-0.05, 0) is 24.3 Å². The van der Waals surface area contributed by atoms with Gasteiger partial charge in [0.05, 0.1) is 27.1 Å². The van der Waals surface area contributed by atoms with Gasteiger partial charge < -0.3 is 19.3 Å². The summed E-state index contributed by atoms with van der Waals surface area (Å²) < 4.78 is 9.18. The van der Waals surface area contributed by atoms with E-state index in [2.05, 4.69) is 9.47 Å². The highest BCUT2D eigenvalue weighted by molar-refractivity contribution is 5.94. The van der Waals surface area contributed by atoms with Crippen molar-refractivity contribution in [3.8, 4) is 0 Å². The maximum atomic E-state index is 11.8. The topological polar surface area (TPSA) is 93.2 Å². The Balaban J connectivity index is 2.91. The summed E-state index contributed by atoms with van der Waals surface area (Å²) in [5.74, 6) is -1.23. The van der Waals surface area contributed by atoms with Crippen LogP contribution in [-0.2, 0) is 28.7 Å². The molecule has 8 nitrogen and oxygen atoms in total. The van der Waals surface area contributed by atoms with Crippen LogP contribution in [0.25, 0.3) is 0 Å². The molecule has 26 heavy (non-hydrogen) atoms. The molecule has 0 aliphatic heterocycles. The van der Waals surface area contributed by atoms with Crippen LogP contribution in [0.3, 0.4) is 0 Å².